The van der Waals surface area contributed by atoms with Gasteiger partial charge in [-0.05, 0) is 45.1 Å². The van der Waals surface area contributed by atoms with Gasteiger partial charge in [-0.3, -0.25) is 10.6 Å². The zero-order valence-corrected chi connectivity index (χ0v) is 10.1. The number of anilines is 1. The molecule has 4 heteroatoms. The van der Waals surface area contributed by atoms with Crippen molar-refractivity contribution in [1.82, 2.24) is 4.90 Å². The number of nitrogens with one attached hydrogen (secondary N) is 1. The quantitative estimate of drug-likeness (QED) is 0.472. The van der Waals surface area contributed by atoms with E-state index in [-0.39, 0.29) is 11.7 Å². The van der Waals surface area contributed by atoms with E-state index in [9.17, 15) is 4.79 Å². The molecule has 0 unspecified atom stereocenters. The average Bonchev–Trinajstić information content (AvgIpc) is 2.39. The van der Waals surface area contributed by atoms with E-state index in [1.807, 2.05) is 24.3 Å². The molecule has 1 heterocycles. The second-order valence-corrected chi connectivity index (χ2v) is 4.67. The Bertz CT molecular complexity index is 397. The van der Waals surface area contributed by atoms with Crippen LogP contribution in [0.25, 0.3) is 0 Å². The van der Waals surface area contributed by atoms with Gasteiger partial charge in [0.1, 0.15) is 0 Å². The van der Waals surface area contributed by atoms with Crippen molar-refractivity contribution in [3.8, 4) is 0 Å². The highest BCUT2D eigenvalue weighted by Gasteiger charge is 2.24. The van der Waals surface area contributed by atoms with E-state index >= 15 is 0 Å². The normalized spacial score (nSPS) is 18.0. The summed E-state index contributed by atoms with van der Waals surface area (Å²) in [4.78, 5) is 14.6. The highest BCUT2D eigenvalue weighted by atomic mass is 16.1. The number of likely N-dealkylation sites (tertiary alicyclic amines) is 1. The lowest BCUT2D eigenvalue weighted by atomic mass is 9.89. The summed E-state index contributed by atoms with van der Waals surface area (Å²) in [7, 11) is 2.10. The van der Waals surface area contributed by atoms with Gasteiger partial charge in [0.25, 0.3) is 0 Å². The molecule has 0 aliphatic carbocycles. The Kier molecular flexibility index (Phi) is 3.76. The Morgan fingerprint density at radius 1 is 1.41 bits per heavy atom. The van der Waals surface area contributed by atoms with Crippen LogP contribution < -0.4 is 11.3 Å². The predicted octanol–water partition coefficient (Wildman–Crippen LogP) is 1.50. The number of carbonyl (C=O) groups excluding carboxylic acids is 1. The fraction of sp³-hybridized carbons (Fsp3) is 0.462. The van der Waals surface area contributed by atoms with Crippen LogP contribution in [-0.2, 0) is 0 Å². The SMILES string of the molecule is CN1CCC(C(=O)c2cccc(NN)c2)CC1. The van der Waals surface area contributed by atoms with Crippen LogP contribution in [0.3, 0.4) is 0 Å². The molecule has 0 bridgehead atoms. The molecular formula is C13H19N3O. The molecule has 3 N–H and O–H groups in total. The van der Waals surface area contributed by atoms with E-state index < -0.39 is 0 Å². The van der Waals surface area contributed by atoms with Crippen molar-refractivity contribution < 1.29 is 4.79 Å². The minimum Gasteiger partial charge on any atom is -0.324 e. The molecule has 17 heavy (non-hydrogen) atoms. The number of nitrogens with two attached hydrogens (primary N) is 1. The molecule has 1 aromatic rings. The minimum absolute atomic E-state index is 0.166. The Labute approximate surface area is 102 Å². The molecule has 0 saturated carbocycles. The lowest BCUT2D eigenvalue weighted by Crippen LogP contribution is -2.33. The number of hydrogen-bond donors (Lipinski definition) is 2. The van der Waals surface area contributed by atoms with E-state index in [1.54, 1.807) is 0 Å². The second kappa shape index (κ2) is 5.29. The van der Waals surface area contributed by atoms with Gasteiger partial charge in [-0.25, -0.2) is 0 Å². The summed E-state index contributed by atoms with van der Waals surface area (Å²) in [5, 5.41) is 0. The summed E-state index contributed by atoms with van der Waals surface area (Å²) in [5.41, 5.74) is 4.11. The third-order valence-electron chi connectivity index (χ3n) is 3.40. The summed E-state index contributed by atoms with van der Waals surface area (Å²) in [6, 6.07) is 7.39. The maximum atomic E-state index is 12.3. The van der Waals surface area contributed by atoms with Gasteiger partial charge in [-0.1, -0.05) is 12.1 Å². The highest BCUT2D eigenvalue weighted by Crippen LogP contribution is 2.22. The molecule has 92 valence electrons. The fourth-order valence-electron chi connectivity index (χ4n) is 2.27. The molecule has 0 amide bonds. The summed E-state index contributed by atoms with van der Waals surface area (Å²) >= 11 is 0. The van der Waals surface area contributed by atoms with E-state index in [2.05, 4.69) is 17.4 Å². The molecule has 1 aliphatic rings. The Morgan fingerprint density at radius 3 is 2.76 bits per heavy atom. The molecule has 2 rings (SSSR count). The van der Waals surface area contributed by atoms with Gasteiger partial charge in [0.15, 0.2) is 5.78 Å². The van der Waals surface area contributed by atoms with Crippen LogP contribution in [0.1, 0.15) is 23.2 Å². The van der Waals surface area contributed by atoms with Gasteiger partial charge >= 0.3 is 0 Å². The van der Waals surface area contributed by atoms with Gasteiger partial charge in [0, 0.05) is 17.2 Å². The van der Waals surface area contributed by atoms with Crippen LogP contribution >= 0.6 is 0 Å². The van der Waals surface area contributed by atoms with Gasteiger partial charge in [0.2, 0.25) is 0 Å². The summed E-state index contributed by atoms with van der Waals surface area (Å²) < 4.78 is 0. The first-order chi connectivity index (χ1) is 8.20. The van der Waals surface area contributed by atoms with Gasteiger partial charge in [0.05, 0.1) is 0 Å². The topological polar surface area (TPSA) is 58.4 Å². The van der Waals surface area contributed by atoms with Crippen molar-refractivity contribution in [2.24, 2.45) is 11.8 Å². The highest BCUT2D eigenvalue weighted by molar-refractivity contribution is 5.98. The molecule has 1 aromatic carbocycles. The molecule has 0 aromatic heterocycles. The summed E-state index contributed by atoms with van der Waals surface area (Å²) in [6.45, 7) is 2.01. The lowest BCUT2D eigenvalue weighted by molar-refractivity contribution is 0.0857. The third kappa shape index (κ3) is 2.84. The Hall–Kier alpha value is -1.39. The fourth-order valence-corrected chi connectivity index (χ4v) is 2.27. The van der Waals surface area contributed by atoms with E-state index in [1.165, 1.54) is 0 Å². The number of rotatable bonds is 3. The maximum absolute atomic E-state index is 12.3. The standard InChI is InChI=1S/C13H19N3O/c1-16-7-5-10(6-8-16)13(17)11-3-2-4-12(9-11)15-14/h2-4,9-10,15H,5-8,14H2,1H3. The van der Waals surface area contributed by atoms with E-state index in [0.717, 1.165) is 37.2 Å². The first kappa shape index (κ1) is 12.1. The number of benzene rings is 1. The van der Waals surface area contributed by atoms with E-state index in [4.69, 9.17) is 5.84 Å². The van der Waals surface area contributed by atoms with Crippen LogP contribution in [-0.4, -0.2) is 30.8 Å². The first-order valence-corrected chi connectivity index (χ1v) is 6.00. The van der Waals surface area contributed by atoms with Crippen LogP contribution in [0.5, 0.6) is 0 Å². The number of nitrogen functional groups attached to an aromatic ring is 1. The first-order valence-electron chi connectivity index (χ1n) is 6.00. The van der Waals surface area contributed by atoms with Crippen molar-refractivity contribution in [1.29, 1.82) is 0 Å². The molecule has 0 spiro atoms. The van der Waals surface area contributed by atoms with Gasteiger partial charge in [-0.2, -0.15) is 0 Å². The molecule has 4 nitrogen and oxygen atoms in total. The minimum atomic E-state index is 0.166. The molecule has 0 atom stereocenters. The number of piperidine rings is 1. The maximum Gasteiger partial charge on any atom is 0.166 e. The molecule has 1 aliphatic heterocycles. The number of ketones is 1. The molecule has 0 radical (unpaired) electrons. The largest absolute Gasteiger partial charge is 0.324 e. The van der Waals surface area contributed by atoms with Crippen molar-refractivity contribution in [2.45, 2.75) is 12.8 Å². The monoisotopic (exact) mass is 233 g/mol. The van der Waals surface area contributed by atoms with Gasteiger partial charge < -0.3 is 10.3 Å². The number of hydrazine groups is 1. The molecule has 1 fully saturated rings. The molecular weight excluding hydrogens is 214 g/mol. The summed E-state index contributed by atoms with van der Waals surface area (Å²) in [6.07, 6.45) is 1.91. The third-order valence-corrected chi connectivity index (χ3v) is 3.40. The Morgan fingerprint density at radius 2 is 2.12 bits per heavy atom. The number of Topliss-reactive ketones (excluding diaryl/α,β-unsaturated/α-hetero) is 1. The van der Waals surface area contributed by atoms with Crippen LogP contribution in [0, 0.1) is 5.92 Å². The van der Waals surface area contributed by atoms with Crippen LogP contribution in [0.4, 0.5) is 5.69 Å². The predicted molar refractivity (Wildman–Crippen MR) is 68.8 cm³/mol. The Balaban J connectivity index is 2.08. The second-order valence-electron chi connectivity index (χ2n) is 4.67. The molecule has 1 saturated heterocycles. The van der Waals surface area contributed by atoms with Crippen molar-refractivity contribution in [2.75, 3.05) is 25.6 Å². The number of hydrogen-bond acceptors (Lipinski definition) is 4. The van der Waals surface area contributed by atoms with Crippen molar-refractivity contribution in [3.63, 3.8) is 0 Å². The van der Waals surface area contributed by atoms with Crippen molar-refractivity contribution >= 4 is 11.5 Å². The smallest absolute Gasteiger partial charge is 0.166 e. The van der Waals surface area contributed by atoms with E-state index in [0.29, 0.717) is 0 Å². The van der Waals surface area contributed by atoms with Crippen molar-refractivity contribution in [3.05, 3.63) is 29.8 Å². The average molecular weight is 233 g/mol. The lowest BCUT2D eigenvalue weighted by Gasteiger charge is -2.28. The van der Waals surface area contributed by atoms with Gasteiger partial charge in [-0.15, -0.1) is 0 Å². The zero-order chi connectivity index (χ0) is 12.3. The summed E-state index contributed by atoms with van der Waals surface area (Å²) in [5.74, 6) is 5.76. The zero-order valence-electron chi connectivity index (χ0n) is 10.1. The number of carbonyl (C=O) groups is 1. The van der Waals surface area contributed by atoms with Crippen LogP contribution in [0.2, 0.25) is 0 Å². The number of nitrogens with zero attached hydrogens (tertiary/aromatic N) is 1. The van der Waals surface area contributed by atoms with Crippen LogP contribution in [0.15, 0.2) is 24.3 Å².